The second-order valence-electron chi connectivity index (χ2n) is 5.86. The molecule has 0 bridgehead atoms. The Bertz CT molecular complexity index is 678. The molecule has 1 aliphatic rings. The molecule has 5 heteroatoms. The maximum Gasteiger partial charge on any atom is 0.258 e. The minimum atomic E-state index is -0.0754. The zero-order valence-electron chi connectivity index (χ0n) is 13.0. The maximum absolute atomic E-state index is 12.1. The highest BCUT2D eigenvalue weighted by Crippen LogP contribution is 2.18. The van der Waals surface area contributed by atoms with Gasteiger partial charge in [-0.2, -0.15) is 0 Å². The summed E-state index contributed by atoms with van der Waals surface area (Å²) in [7, 11) is 0. The minimum absolute atomic E-state index is 0.0528. The van der Waals surface area contributed by atoms with Crippen molar-refractivity contribution in [3.05, 3.63) is 47.5 Å². The van der Waals surface area contributed by atoms with E-state index in [0.29, 0.717) is 0 Å². The predicted octanol–water partition coefficient (Wildman–Crippen LogP) is 2.01. The molecule has 0 saturated carbocycles. The molecule has 1 aromatic heterocycles. The molecular formula is C17H21N3O2. The summed E-state index contributed by atoms with van der Waals surface area (Å²) in [5.74, 6) is 1.78. The summed E-state index contributed by atoms with van der Waals surface area (Å²) in [6.45, 7) is 4.86. The fourth-order valence-electron chi connectivity index (χ4n) is 2.86. The largest absolute Gasteiger partial charge is 0.484 e. The van der Waals surface area contributed by atoms with Gasteiger partial charge in [0.2, 0.25) is 0 Å². The van der Waals surface area contributed by atoms with Crippen molar-refractivity contribution in [3.63, 3.8) is 0 Å². The van der Waals surface area contributed by atoms with E-state index in [9.17, 15) is 4.79 Å². The molecule has 5 nitrogen and oxygen atoms in total. The van der Waals surface area contributed by atoms with Crippen molar-refractivity contribution in [2.24, 2.45) is 0 Å². The van der Waals surface area contributed by atoms with Crippen LogP contribution in [0.4, 0.5) is 0 Å². The molecule has 1 aromatic carbocycles. The number of aryl methyl sites for hydroxylation is 3. The van der Waals surface area contributed by atoms with Gasteiger partial charge in [0.1, 0.15) is 11.6 Å². The first-order valence-corrected chi connectivity index (χ1v) is 7.61. The fourth-order valence-corrected chi connectivity index (χ4v) is 2.86. The van der Waals surface area contributed by atoms with E-state index in [2.05, 4.69) is 20.9 Å². The molecule has 0 fully saturated rings. The first kappa shape index (κ1) is 14.6. The third-order valence-corrected chi connectivity index (χ3v) is 3.99. The molecule has 22 heavy (non-hydrogen) atoms. The van der Waals surface area contributed by atoms with Crippen molar-refractivity contribution >= 4 is 5.91 Å². The van der Waals surface area contributed by atoms with Crippen LogP contribution in [-0.4, -0.2) is 28.1 Å². The Labute approximate surface area is 130 Å². The predicted molar refractivity (Wildman–Crippen MR) is 83.9 cm³/mol. The molecule has 2 heterocycles. The van der Waals surface area contributed by atoms with Gasteiger partial charge in [-0.3, -0.25) is 4.79 Å². The zero-order valence-corrected chi connectivity index (χ0v) is 13.0. The normalized spacial score (nSPS) is 16.9. The van der Waals surface area contributed by atoms with E-state index in [-0.39, 0.29) is 18.6 Å². The van der Waals surface area contributed by atoms with Crippen molar-refractivity contribution in [1.82, 2.24) is 14.9 Å². The molecule has 1 atom stereocenters. The molecule has 0 aliphatic carbocycles. The van der Waals surface area contributed by atoms with Crippen LogP contribution in [0.5, 0.6) is 5.75 Å². The zero-order chi connectivity index (χ0) is 15.5. The molecule has 0 unspecified atom stereocenters. The smallest absolute Gasteiger partial charge is 0.258 e. The lowest BCUT2D eigenvalue weighted by atomic mass is 10.1. The minimum Gasteiger partial charge on any atom is -0.484 e. The summed E-state index contributed by atoms with van der Waals surface area (Å²) in [6, 6.07) is 6.10. The highest BCUT2D eigenvalue weighted by molar-refractivity contribution is 5.77. The molecule has 2 aromatic rings. The number of hydrogen-bond donors (Lipinski definition) is 1. The van der Waals surface area contributed by atoms with E-state index in [1.54, 1.807) is 0 Å². The molecule has 1 N–H and O–H groups in total. The molecular weight excluding hydrogens is 278 g/mol. The molecule has 0 spiro atoms. The molecule has 0 saturated heterocycles. The number of nitrogens with zero attached hydrogens (tertiary/aromatic N) is 2. The summed E-state index contributed by atoms with van der Waals surface area (Å²) >= 11 is 0. The molecule has 0 radical (unpaired) electrons. The summed E-state index contributed by atoms with van der Waals surface area (Å²) in [5.41, 5.74) is 2.24. The Morgan fingerprint density at radius 2 is 2.32 bits per heavy atom. The van der Waals surface area contributed by atoms with Crippen LogP contribution in [0.3, 0.4) is 0 Å². The summed E-state index contributed by atoms with van der Waals surface area (Å²) in [6.07, 6.45) is 5.59. The quantitative estimate of drug-likeness (QED) is 0.939. The van der Waals surface area contributed by atoms with E-state index in [4.69, 9.17) is 4.74 Å². The highest BCUT2D eigenvalue weighted by atomic mass is 16.5. The fraction of sp³-hybridized carbons (Fsp3) is 0.412. The Hall–Kier alpha value is -2.30. The topological polar surface area (TPSA) is 56.1 Å². The van der Waals surface area contributed by atoms with Crippen molar-refractivity contribution in [2.75, 3.05) is 6.61 Å². The average molecular weight is 299 g/mol. The highest BCUT2D eigenvalue weighted by Gasteiger charge is 2.20. The Morgan fingerprint density at radius 3 is 3.14 bits per heavy atom. The third kappa shape index (κ3) is 3.30. The van der Waals surface area contributed by atoms with Crippen LogP contribution >= 0.6 is 0 Å². The van der Waals surface area contributed by atoms with E-state index < -0.39 is 0 Å². The molecule has 1 amide bonds. The van der Waals surface area contributed by atoms with Crippen LogP contribution in [0.1, 0.15) is 23.4 Å². The number of imidazole rings is 1. The van der Waals surface area contributed by atoms with E-state index >= 15 is 0 Å². The number of aromatic nitrogens is 2. The molecule has 1 aliphatic heterocycles. The van der Waals surface area contributed by atoms with Crippen molar-refractivity contribution in [2.45, 2.75) is 39.3 Å². The number of rotatable bonds is 4. The first-order chi connectivity index (χ1) is 10.6. The van der Waals surface area contributed by atoms with Gasteiger partial charge in [0.25, 0.3) is 5.91 Å². The van der Waals surface area contributed by atoms with Gasteiger partial charge in [-0.05, 0) is 31.9 Å². The summed E-state index contributed by atoms with van der Waals surface area (Å²) < 4.78 is 7.72. The lowest BCUT2D eigenvalue weighted by Gasteiger charge is -2.24. The van der Waals surface area contributed by atoms with Crippen molar-refractivity contribution in [3.8, 4) is 5.75 Å². The number of benzene rings is 1. The van der Waals surface area contributed by atoms with E-state index in [1.165, 1.54) is 5.56 Å². The number of amides is 1. The first-order valence-electron chi connectivity index (χ1n) is 7.61. The number of carbonyl (C=O) groups is 1. The standard InChI is InChI=1S/C17H21N3O2/c1-12-3-5-15(13(2)9-12)22-11-17(21)19-14-4-6-16-18-7-8-20(16)10-14/h3,5,7-9,14H,4,6,10-11H2,1-2H3,(H,19,21)/t14-/m1/s1. The monoisotopic (exact) mass is 299 g/mol. The Morgan fingerprint density at radius 1 is 1.45 bits per heavy atom. The lowest BCUT2D eigenvalue weighted by Crippen LogP contribution is -2.42. The second-order valence-corrected chi connectivity index (χ2v) is 5.86. The van der Waals surface area contributed by atoms with E-state index in [1.807, 2.05) is 38.4 Å². The van der Waals surface area contributed by atoms with Crippen LogP contribution in [0.15, 0.2) is 30.6 Å². The van der Waals surface area contributed by atoms with Gasteiger partial charge in [-0.15, -0.1) is 0 Å². The van der Waals surface area contributed by atoms with Gasteiger partial charge in [0.05, 0.1) is 0 Å². The van der Waals surface area contributed by atoms with Crippen molar-refractivity contribution in [1.29, 1.82) is 0 Å². The van der Waals surface area contributed by atoms with Crippen molar-refractivity contribution < 1.29 is 9.53 Å². The third-order valence-electron chi connectivity index (χ3n) is 3.99. The number of ether oxygens (including phenoxy) is 1. The maximum atomic E-state index is 12.1. The number of carbonyl (C=O) groups excluding carboxylic acids is 1. The Balaban J connectivity index is 1.51. The SMILES string of the molecule is Cc1ccc(OCC(=O)N[C@@H]2CCc3nccn3C2)c(C)c1. The van der Waals surface area contributed by atoms with Gasteiger partial charge < -0.3 is 14.6 Å². The van der Waals surface area contributed by atoms with Gasteiger partial charge in [-0.25, -0.2) is 4.98 Å². The molecule has 116 valence electrons. The van der Waals surface area contributed by atoms with Crippen LogP contribution in [0.2, 0.25) is 0 Å². The molecule has 3 rings (SSSR count). The number of nitrogens with one attached hydrogen (secondary N) is 1. The van der Waals surface area contributed by atoms with Crippen LogP contribution < -0.4 is 10.1 Å². The Kier molecular flexibility index (Phi) is 4.13. The van der Waals surface area contributed by atoms with Gasteiger partial charge in [0, 0.05) is 31.4 Å². The second kappa shape index (κ2) is 6.22. The lowest BCUT2D eigenvalue weighted by molar-refractivity contribution is -0.124. The van der Waals surface area contributed by atoms with Gasteiger partial charge >= 0.3 is 0 Å². The van der Waals surface area contributed by atoms with Gasteiger partial charge in [0.15, 0.2) is 6.61 Å². The van der Waals surface area contributed by atoms with Gasteiger partial charge in [-0.1, -0.05) is 17.7 Å². The summed E-state index contributed by atoms with van der Waals surface area (Å²) in [4.78, 5) is 16.3. The van der Waals surface area contributed by atoms with Crippen LogP contribution in [0.25, 0.3) is 0 Å². The number of fused-ring (bicyclic) bond motifs is 1. The number of hydrogen-bond acceptors (Lipinski definition) is 3. The summed E-state index contributed by atoms with van der Waals surface area (Å²) in [5, 5.41) is 3.04. The average Bonchev–Trinajstić information content (AvgIpc) is 2.94. The van der Waals surface area contributed by atoms with Crippen LogP contribution in [-0.2, 0) is 17.8 Å². The van der Waals surface area contributed by atoms with E-state index in [0.717, 1.165) is 36.5 Å². The van der Waals surface area contributed by atoms with Crippen LogP contribution in [0, 0.1) is 13.8 Å².